The second-order valence-electron chi connectivity index (χ2n) is 7.02. The van der Waals surface area contributed by atoms with Crippen molar-refractivity contribution in [3.8, 4) is 10.6 Å². The first-order valence-corrected chi connectivity index (χ1v) is 12.1. The predicted molar refractivity (Wildman–Crippen MR) is 126 cm³/mol. The van der Waals surface area contributed by atoms with E-state index in [0.29, 0.717) is 10.0 Å². The maximum atomic E-state index is 14.9. The molecule has 13 heteroatoms. The summed E-state index contributed by atoms with van der Waals surface area (Å²) < 4.78 is 22.0. The number of nitrogens with zero attached hydrogens (tertiary/aromatic N) is 6. The molecule has 4 aromatic rings. The minimum absolute atomic E-state index is 0.0735. The van der Waals surface area contributed by atoms with Crippen molar-refractivity contribution in [1.29, 1.82) is 0 Å². The molecule has 1 aliphatic rings. The third kappa shape index (κ3) is 4.15. The highest BCUT2D eigenvalue weighted by Gasteiger charge is 2.38. The summed E-state index contributed by atoms with van der Waals surface area (Å²) in [5.41, 5.74) is 1.64. The number of ether oxygens (including phenoxy) is 1. The number of nitrogens with one attached hydrogen (secondary N) is 1. The van der Waals surface area contributed by atoms with E-state index >= 15 is 0 Å². The molecular formula is C21H15ClFN7O2S2. The van der Waals surface area contributed by atoms with Crippen LogP contribution >= 0.6 is 34.7 Å². The number of benzene rings is 2. The van der Waals surface area contributed by atoms with Crippen molar-refractivity contribution in [2.45, 2.75) is 10.4 Å². The zero-order chi connectivity index (χ0) is 23.7. The Morgan fingerprint density at radius 2 is 2.03 bits per heavy atom. The van der Waals surface area contributed by atoms with E-state index in [-0.39, 0.29) is 27.9 Å². The van der Waals surface area contributed by atoms with Gasteiger partial charge >= 0.3 is 5.97 Å². The Kier molecular flexibility index (Phi) is 6.26. The Labute approximate surface area is 206 Å². The maximum Gasteiger partial charge on any atom is 0.338 e. The number of hydrogen-bond donors (Lipinski definition) is 1. The minimum Gasteiger partial charge on any atom is -0.466 e. The van der Waals surface area contributed by atoms with Gasteiger partial charge in [-0.15, -0.1) is 10.2 Å². The van der Waals surface area contributed by atoms with Crippen molar-refractivity contribution in [3.63, 3.8) is 0 Å². The lowest BCUT2D eigenvalue weighted by Gasteiger charge is -2.28. The summed E-state index contributed by atoms with van der Waals surface area (Å²) in [6.07, 6.45) is 0. The van der Waals surface area contributed by atoms with Gasteiger partial charge in [0.15, 0.2) is 4.34 Å². The highest BCUT2D eigenvalue weighted by atomic mass is 35.5. The molecule has 9 nitrogen and oxygen atoms in total. The second kappa shape index (κ2) is 9.49. The average molecular weight is 516 g/mol. The summed E-state index contributed by atoms with van der Waals surface area (Å²) in [5, 5.41) is 24.1. The number of rotatable bonds is 6. The van der Waals surface area contributed by atoms with E-state index in [0.717, 1.165) is 10.6 Å². The molecule has 0 fully saturated rings. The van der Waals surface area contributed by atoms with Gasteiger partial charge in [0.2, 0.25) is 5.95 Å². The highest BCUT2D eigenvalue weighted by molar-refractivity contribution is 8.01. The molecule has 1 atom stereocenters. The largest absolute Gasteiger partial charge is 0.466 e. The fourth-order valence-corrected chi connectivity index (χ4v) is 5.63. The summed E-state index contributed by atoms with van der Waals surface area (Å²) in [6.45, 7) is 0. The van der Waals surface area contributed by atoms with Gasteiger partial charge in [-0.1, -0.05) is 76.2 Å². The van der Waals surface area contributed by atoms with Crippen LogP contribution in [0, 0.1) is 5.82 Å². The molecule has 1 aliphatic heterocycles. The molecule has 2 aromatic carbocycles. The van der Waals surface area contributed by atoms with Gasteiger partial charge in [-0.25, -0.2) is 9.18 Å². The molecule has 0 bridgehead atoms. The Balaban J connectivity index is 1.52. The number of halogens is 2. The van der Waals surface area contributed by atoms with Gasteiger partial charge in [-0.05, 0) is 22.6 Å². The quantitative estimate of drug-likeness (QED) is 0.298. The van der Waals surface area contributed by atoms with Crippen molar-refractivity contribution < 1.29 is 13.9 Å². The smallest absolute Gasteiger partial charge is 0.338 e. The number of anilines is 1. The number of esters is 1. The molecule has 0 aliphatic carbocycles. The normalized spacial score (nSPS) is 15.1. The number of tetrazole rings is 1. The van der Waals surface area contributed by atoms with Gasteiger partial charge in [0.05, 0.1) is 12.7 Å². The molecule has 1 N–H and O–H groups in total. The standard InChI is InChI=1S/C21H15ClFN7O2S2/c1-32-19(31)16-14(10-33-21-27-25-18(34-21)11-6-3-2-4-7-11)24-20-26-28-29-30(20)17(16)15-12(22)8-5-9-13(15)23/h2-9,17H,10H2,1H3,(H,24,26,29). The number of carbonyl (C=O) groups is 1. The molecule has 0 saturated carbocycles. The van der Waals surface area contributed by atoms with E-state index in [1.165, 1.54) is 47.0 Å². The Morgan fingerprint density at radius 1 is 1.21 bits per heavy atom. The third-order valence-electron chi connectivity index (χ3n) is 5.04. The van der Waals surface area contributed by atoms with E-state index in [4.69, 9.17) is 16.3 Å². The topological polar surface area (TPSA) is 108 Å². The Morgan fingerprint density at radius 3 is 2.79 bits per heavy atom. The van der Waals surface area contributed by atoms with E-state index in [9.17, 15) is 9.18 Å². The van der Waals surface area contributed by atoms with Crippen LogP contribution in [0.3, 0.4) is 0 Å². The first-order chi connectivity index (χ1) is 16.6. The van der Waals surface area contributed by atoms with Crippen LogP contribution in [0.1, 0.15) is 11.6 Å². The summed E-state index contributed by atoms with van der Waals surface area (Å²) in [5.74, 6) is -0.722. The van der Waals surface area contributed by atoms with Gasteiger partial charge in [-0.3, -0.25) is 0 Å². The fourth-order valence-electron chi connectivity index (χ4n) is 3.54. The Hall–Kier alpha value is -3.35. The molecule has 1 unspecified atom stereocenters. The molecule has 34 heavy (non-hydrogen) atoms. The second-order valence-corrected chi connectivity index (χ2v) is 9.63. The van der Waals surface area contributed by atoms with Gasteiger partial charge < -0.3 is 10.1 Å². The molecule has 0 spiro atoms. The first kappa shape index (κ1) is 22.4. The molecule has 0 amide bonds. The lowest BCUT2D eigenvalue weighted by Crippen LogP contribution is -2.31. The van der Waals surface area contributed by atoms with E-state index in [1.807, 2.05) is 30.3 Å². The molecule has 172 valence electrons. The van der Waals surface area contributed by atoms with Crippen LogP contribution in [0.4, 0.5) is 10.3 Å². The van der Waals surface area contributed by atoms with Gasteiger partial charge in [-0.2, -0.15) is 4.68 Å². The molecule has 3 heterocycles. The number of thioether (sulfide) groups is 1. The van der Waals surface area contributed by atoms with Crippen LogP contribution in [0.5, 0.6) is 0 Å². The monoisotopic (exact) mass is 515 g/mol. The number of carbonyl (C=O) groups excluding carboxylic acids is 1. The van der Waals surface area contributed by atoms with Crippen molar-refractivity contribution in [1.82, 2.24) is 30.4 Å². The van der Waals surface area contributed by atoms with Crippen molar-refractivity contribution in [3.05, 3.63) is 76.2 Å². The summed E-state index contributed by atoms with van der Waals surface area (Å²) in [4.78, 5) is 12.9. The van der Waals surface area contributed by atoms with Crippen molar-refractivity contribution in [2.75, 3.05) is 18.2 Å². The lowest BCUT2D eigenvalue weighted by molar-refractivity contribution is -0.136. The molecule has 5 rings (SSSR count). The van der Waals surface area contributed by atoms with Crippen LogP contribution in [-0.2, 0) is 9.53 Å². The van der Waals surface area contributed by atoms with Gasteiger partial charge in [0, 0.05) is 27.6 Å². The molecule has 2 aromatic heterocycles. The van der Waals surface area contributed by atoms with E-state index in [2.05, 4.69) is 31.0 Å². The highest BCUT2D eigenvalue weighted by Crippen LogP contribution is 2.40. The van der Waals surface area contributed by atoms with Crippen LogP contribution < -0.4 is 5.32 Å². The fraction of sp³-hybridized carbons (Fsp3) is 0.143. The SMILES string of the molecule is COC(=O)C1=C(CSc2nnc(-c3ccccc3)s2)Nc2nnnn2C1c1c(F)cccc1Cl. The van der Waals surface area contributed by atoms with Crippen LogP contribution in [0.2, 0.25) is 5.02 Å². The van der Waals surface area contributed by atoms with Crippen molar-refractivity contribution >= 4 is 46.6 Å². The number of fused-ring (bicyclic) bond motifs is 1. The molecular weight excluding hydrogens is 501 g/mol. The average Bonchev–Trinajstić information content (AvgIpc) is 3.52. The zero-order valence-corrected chi connectivity index (χ0v) is 19.9. The Bertz CT molecular complexity index is 1370. The summed E-state index contributed by atoms with van der Waals surface area (Å²) in [6, 6.07) is 13.0. The maximum absolute atomic E-state index is 14.9. The number of aromatic nitrogens is 6. The summed E-state index contributed by atoms with van der Waals surface area (Å²) in [7, 11) is 1.26. The van der Waals surface area contributed by atoms with E-state index in [1.54, 1.807) is 6.07 Å². The lowest BCUT2D eigenvalue weighted by atomic mass is 9.95. The van der Waals surface area contributed by atoms with E-state index < -0.39 is 17.8 Å². The number of methoxy groups -OCH3 is 1. The summed E-state index contributed by atoms with van der Waals surface area (Å²) >= 11 is 9.15. The minimum atomic E-state index is -1.02. The third-order valence-corrected chi connectivity index (χ3v) is 7.51. The first-order valence-electron chi connectivity index (χ1n) is 9.88. The molecule has 0 radical (unpaired) electrons. The van der Waals surface area contributed by atoms with Gasteiger partial charge in [0.25, 0.3) is 0 Å². The van der Waals surface area contributed by atoms with Crippen molar-refractivity contribution in [2.24, 2.45) is 0 Å². The zero-order valence-electron chi connectivity index (χ0n) is 17.5. The van der Waals surface area contributed by atoms with Gasteiger partial charge in [0.1, 0.15) is 16.9 Å². The van der Waals surface area contributed by atoms with Crippen LogP contribution in [-0.4, -0.2) is 49.2 Å². The predicted octanol–water partition coefficient (Wildman–Crippen LogP) is 4.22. The molecule has 0 saturated heterocycles. The van der Waals surface area contributed by atoms with Crippen LogP contribution in [0.25, 0.3) is 10.6 Å². The van der Waals surface area contributed by atoms with Crippen LogP contribution in [0.15, 0.2) is 64.1 Å². The number of hydrogen-bond acceptors (Lipinski definition) is 10.